The van der Waals surface area contributed by atoms with Crippen LogP contribution in [0.2, 0.25) is 0 Å². The van der Waals surface area contributed by atoms with Crippen molar-refractivity contribution in [2.45, 2.75) is 24.6 Å². The van der Waals surface area contributed by atoms with Crippen LogP contribution in [0.4, 0.5) is 0 Å². The third kappa shape index (κ3) is 4.97. The van der Waals surface area contributed by atoms with Gasteiger partial charge in [0.05, 0.1) is 5.92 Å². The third-order valence-electron chi connectivity index (χ3n) is 4.22. The van der Waals surface area contributed by atoms with E-state index in [2.05, 4.69) is 0 Å². The molecule has 0 spiro atoms. The second-order valence-electron chi connectivity index (χ2n) is 6.11. The first-order chi connectivity index (χ1) is 12.4. The smallest absolute Gasteiger partial charge is 0.310 e. The molecule has 0 bridgehead atoms. The van der Waals surface area contributed by atoms with E-state index in [4.69, 9.17) is 5.73 Å². The first kappa shape index (κ1) is 19.8. The summed E-state index contributed by atoms with van der Waals surface area (Å²) in [6, 6.07) is 16.9. The van der Waals surface area contributed by atoms with Crippen LogP contribution >= 0.6 is 8.46 Å². The summed E-state index contributed by atoms with van der Waals surface area (Å²) in [6.07, 6.45) is -0.511. The Balaban J connectivity index is 2.20. The Morgan fingerprint density at radius 1 is 1.04 bits per heavy atom. The number of rotatable bonds is 9. The van der Waals surface area contributed by atoms with Gasteiger partial charge in [-0.2, -0.15) is 0 Å². The SMILES string of the molecule is NC(=O)CCC(C(=O)O)C(O)(Cc1ccc(-c2ccccc2)cc1)P=O. The van der Waals surface area contributed by atoms with Gasteiger partial charge in [0.15, 0.2) is 13.8 Å². The van der Waals surface area contributed by atoms with Crippen molar-refractivity contribution in [2.24, 2.45) is 11.7 Å². The van der Waals surface area contributed by atoms with E-state index in [0.717, 1.165) is 11.1 Å². The molecule has 0 saturated heterocycles. The minimum absolute atomic E-state index is 0.122. The fourth-order valence-corrected chi connectivity index (χ4v) is 3.42. The predicted molar refractivity (Wildman–Crippen MR) is 97.7 cm³/mol. The van der Waals surface area contributed by atoms with Crippen LogP contribution in [0.25, 0.3) is 11.1 Å². The summed E-state index contributed by atoms with van der Waals surface area (Å²) in [6.45, 7) is 0. The Bertz CT molecular complexity index is 778. The highest BCUT2D eigenvalue weighted by atomic mass is 31.1. The quantitative estimate of drug-likeness (QED) is 0.584. The molecule has 0 aliphatic heterocycles. The fourth-order valence-electron chi connectivity index (χ4n) is 2.80. The molecule has 26 heavy (non-hydrogen) atoms. The third-order valence-corrected chi connectivity index (χ3v) is 5.00. The van der Waals surface area contributed by atoms with Crippen molar-refractivity contribution in [2.75, 3.05) is 0 Å². The van der Waals surface area contributed by atoms with Crippen LogP contribution in [0.15, 0.2) is 54.6 Å². The van der Waals surface area contributed by atoms with Crippen LogP contribution in [-0.2, 0) is 20.6 Å². The van der Waals surface area contributed by atoms with E-state index in [1.54, 1.807) is 12.1 Å². The number of benzene rings is 2. The number of aliphatic hydroxyl groups is 1. The Labute approximate surface area is 152 Å². The molecule has 4 N–H and O–H groups in total. The van der Waals surface area contributed by atoms with Gasteiger partial charge in [-0.1, -0.05) is 54.6 Å². The van der Waals surface area contributed by atoms with E-state index in [1.807, 2.05) is 42.5 Å². The molecule has 0 radical (unpaired) electrons. The zero-order chi connectivity index (χ0) is 19.2. The van der Waals surface area contributed by atoms with Gasteiger partial charge in [0.2, 0.25) is 5.91 Å². The zero-order valence-corrected chi connectivity index (χ0v) is 14.9. The van der Waals surface area contributed by atoms with Gasteiger partial charge in [0.25, 0.3) is 0 Å². The Morgan fingerprint density at radius 2 is 1.62 bits per heavy atom. The standard InChI is InChI=1S/C19H20NO5P/c20-17(21)11-10-16(18(22)23)19(24,26-25)12-13-6-8-15(9-7-13)14-4-2-1-3-5-14/h1-9,16,24H,10-12H2,(H2,20,21)(H,22,23). The minimum Gasteiger partial charge on any atom is -0.481 e. The van der Waals surface area contributed by atoms with Gasteiger partial charge in [-0.05, 0) is 23.1 Å². The van der Waals surface area contributed by atoms with Gasteiger partial charge in [-0.15, -0.1) is 0 Å². The number of carboxylic acid groups (broad SMARTS) is 1. The number of amides is 1. The number of carbonyl (C=O) groups excluding carboxylic acids is 1. The lowest BCUT2D eigenvalue weighted by Crippen LogP contribution is -2.40. The molecule has 0 aliphatic rings. The highest BCUT2D eigenvalue weighted by Gasteiger charge is 2.42. The maximum atomic E-state index is 11.6. The molecule has 0 heterocycles. The van der Waals surface area contributed by atoms with E-state index in [0.29, 0.717) is 5.56 Å². The van der Waals surface area contributed by atoms with E-state index in [-0.39, 0.29) is 19.3 Å². The van der Waals surface area contributed by atoms with Crippen molar-refractivity contribution >= 4 is 20.3 Å². The van der Waals surface area contributed by atoms with E-state index in [1.165, 1.54) is 0 Å². The largest absolute Gasteiger partial charge is 0.481 e. The maximum Gasteiger partial charge on any atom is 0.310 e. The summed E-state index contributed by atoms with van der Waals surface area (Å²) >= 11 is 0. The molecule has 1 amide bonds. The number of aliphatic carboxylic acids is 1. The summed E-state index contributed by atoms with van der Waals surface area (Å²) in [4.78, 5) is 22.4. The van der Waals surface area contributed by atoms with Crippen molar-refractivity contribution in [1.29, 1.82) is 0 Å². The van der Waals surface area contributed by atoms with Crippen molar-refractivity contribution in [3.05, 3.63) is 60.2 Å². The molecular formula is C19H20NO5P. The molecule has 0 aliphatic carbocycles. The van der Waals surface area contributed by atoms with Crippen LogP contribution in [0.3, 0.4) is 0 Å². The molecule has 7 heteroatoms. The van der Waals surface area contributed by atoms with Crippen molar-refractivity contribution in [1.82, 2.24) is 0 Å². The molecule has 6 nitrogen and oxygen atoms in total. The summed E-state index contributed by atoms with van der Waals surface area (Å²) in [5, 5.41) is 18.0. The summed E-state index contributed by atoms with van der Waals surface area (Å²) in [7, 11) is -0.713. The van der Waals surface area contributed by atoms with Crippen molar-refractivity contribution < 1.29 is 24.4 Å². The summed E-state index contributed by atoms with van der Waals surface area (Å²) < 4.78 is 11.6. The number of nitrogens with two attached hydrogens (primary N) is 1. The normalized spacial score (nSPS) is 14.5. The molecule has 0 fully saturated rings. The molecule has 0 saturated carbocycles. The minimum atomic E-state index is -2.02. The number of carboxylic acids is 1. The van der Waals surface area contributed by atoms with Crippen molar-refractivity contribution in [3.8, 4) is 11.1 Å². The summed E-state index contributed by atoms with van der Waals surface area (Å²) in [5.74, 6) is -3.37. The van der Waals surface area contributed by atoms with E-state index >= 15 is 0 Å². The van der Waals surface area contributed by atoms with Gasteiger partial charge in [-0.3, -0.25) is 14.2 Å². The number of hydrogen-bond donors (Lipinski definition) is 3. The molecule has 0 aromatic heterocycles. The second-order valence-corrected chi connectivity index (χ2v) is 7.06. The first-order valence-electron chi connectivity index (χ1n) is 8.08. The van der Waals surface area contributed by atoms with E-state index in [9.17, 15) is 24.4 Å². The van der Waals surface area contributed by atoms with Crippen molar-refractivity contribution in [3.63, 3.8) is 0 Å². The van der Waals surface area contributed by atoms with Gasteiger partial charge in [0, 0.05) is 12.8 Å². The first-order valence-corrected chi connectivity index (χ1v) is 8.89. The van der Waals surface area contributed by atoms with Gasteiger partial charge >= 0.3 is 5.97 Å². The Hall–Kier alpha value is -2.56. The number of primary amides is 1. The second kappa shape index (κ2) is 8.70. The monoisotopic (exact) mass is 373 g/mol. The average molecular weight is 373 g/mol. The van der Waals surface area contributed by atoms with Crippen LogP contribution < -0.4 is 5.73 Å². The molecule has 2 atom stereocenters. The van der Waals surface area contributed by atoms with Crippen LogP contribution in [-0.4, -0.2) is 27.4 Å². The lowest BCUT2D eigenvalue weighted by Gasteiger charge is -2.27. The molecule has 2 rings (SSSR count). The zero-order valence-electron chi connectivity index (χ0n) is 14.0. The molecule has 2 unspecified atom stereocenters. The molecule has 2 aromatic carbocycles. The Morgan fingerprint density at radius 3 is 2.12 bits per heavy atom. The van der Waals surface area contributed by atoms with Gasteiger partial charge < -0.3 is 15.9 Å². The van der Waals surface area contributed by atoms with Crippen LogP contribution in [0.5, 0.6) is 0 Å². The predicted octanol–water partition coefficient (Wildman–Crippen LogP) is 2.84. The molecule has 136 valence electrons. The summed E-state index contributed by atoms with van der Waals surface area (Å²) in [5.41, 5.74) is 7.70. The van der Waals surface area contributed by atoms with Crippen LogP contribution in [0.1, 0.15) is 18.4 Å². The number of carbonyl (C=O) groups is 2. The maximum absolute atomic E-state index is 11.6. The van der Waals surface area contributed by atoms with Gasteiger partial charge in [-0.25, -0.2) is 0 Å². The highest BCUT2D eigenvalue weighted by Crippen LogP contribution is 2.36. The molecule has 2 aromatic rings. The number of hydrogen-bond acceptors (Lipinski definition) is 4. The molecular weight excluding hydrogens is 353 g/mol. The van der Waals surface area contributed by atoms with Crippen LogP contribution in [0, 0.1) is 5.92 Å². The lowest BCUT2D eigenvalue weighted by molar-refractivity contribution is -0.147. The topological polar surface area (TPSA) is 118 Å². The fraction of sp³-hybridized carbons (Fsp3) is 0.263. The van der Waals surface area contributed by atoms with Gasteiger partial charge in [0.1, 0.15) is 0 Å². The van der Waals surface area contributed by atoms with E-state index < -0.39 is 31.6 Å². The highest BCUT2D eigenvalue weighted by molar-refractivity contribution is 7.25. The lowest BCUT2D eigenvalue weighted by atomic mass is 9.90. The average Bonchev–Trinajstić information content (AvgIpc) is 2.62. The Kier molecular flexibility index (Phi) is 6.61.